The Morgan fingerprint density at radius 1 is 1.33 bits per heavy atom. The molecule has 0 aliphatic carbocycles. The van der Waals surface area contributed by atoms with Crippen molar-refractivity contribution in [2.45, 2.75) is 33.4 Å². The molecule has 0 aliphatic heterocycles. The van der Waals surface area contributed by atoms with E-state index in [1.807, 2.05) is 29.7 Å². The van der Waals surface area contributed by atoms with E-state index in [9.17, 15) is 5.11 Å². The molecule has 18 heavy (non-hydrogen) atoms. The maximum Gasteiger partial charge on any atom is 0.164 e. The van der Waals surface area contributed by atoms with E-state index >= 15 is 0 Å². The Hall–Kier alpha value is -1.39. The minimum absolute atomic E-state index is 0.0976. The van der Waals surface area contributed by atoms with Gasteiger partial charge in [-0.25, -0.2) is 0 Å². The summed E-state index contributed by atoms with van der Waals surface area (Å²) in [5.74, 6) is 1.39. The Labute approximate surface area is 111 Å². The molecule has 0 atom stereocenters. The quantitative estimate of drug-likeness (QED) is 0.925. The monoisotopic (exact) mass is 265 g/mol. The van der Waals surface area contributed by atoms with E-state index < -0.39 is 0 Å². The summed E-state index contributed by atoms with van der Waals surface area (Å²) in [6.45, 7) is 4.77. The third kappa shape index (κ3) is 2.40. The van der Waals surface area contributed by atoms with Crippen LogP contribution in [0.4, 0.5) is 0 Å². The summed E-state index contributed by atoms with van der Waals surface area (Å²) in [6, 6.07) is 5.68. The van der Waals surface area contributed by atoms with Crippen LogP contribution in [0, 0.1) is 6.92 Å². The molecule has 96 valence electrons. The molecule has 0 radical (unpaired) electrons. The van der Waals surface area contributed by atoms with Crippen LogP contribution in [0.25, 0.3) is 11.4 Å². The van der Waals surface area contributed by atoms with Crippen LogP contribution < -0.4 is 0 Å². The predicted molar refractivity (Wildman–Crippen MR) is 71.4 cm³/mol. The van der Waals surface area contributed by atoms with Crippen LogP contribution in [-0.4, -0.2) is 19.9 Å². The number of rotatable bonds is 4. The smallest absolute Gasteiger partial charge is 0.164 e. The summed E-state index contributed by atoms with van der Waals surface area (Å²) in [7, 11) is 0. The topological polar surface area (TPSA) is 50.9 Å². The zero-order valence-electron chi connectivity index (χ0n) is 10.5. The van der Waals surface area contributed by atoms with Crippen LogP contribution in [0.3, 0.4) is 0 Å². The summed E-state index contributed by atoms with van der Waals surface area (Å²) in [5, 5.41) is 18.2. The van der Waals surface area contributed by atoms with Crippen molar-refractivity contribution in [3.63, 3.8) is 0 Å². The third-order valence-electron chi connectivity index (χ3n) is 2.85. The second-order valence-electron chi connectivity index (χ2n) is 4.21. The fourth-order valence-corrected chi connectivity index (χ4v) is 2.21. The molecule has 0 saturated heterocycles. The summed E-state index contributed by atoms with van der Waals surface area (Å²) < 4.78 is 1.95. The Kier molecular flexibility index (Phi) is 3.99. The lowest BCUT2D eigenvalue weighted by atomic mass is 10.1. The lowest BCUT2D eigenvalue weighted by Gasteiger charge is -2.10. The van der Waals surface area contributed by atoms with Crippen LogP contribution in [0.1, 0.15) is 24.7 Å². The first-order chi connectivity index (χ1) is 8.67. The SMILES string of the molecule is CCCn1c(CO)nnc1-c1ccc(Cl)cc1C. The number of halogens is 1. The van der Waals surface area contributed by atoms with E-state index in [1.54, 1.807) is 0 Å². The number of benzene rings is 1. The lowest BCUT2D eigenvalue weighted by molar-refractivity contribution is 0.264. The third-order valence-corrected chi connectivity index (χ3v) is 3.08. The van der Waals surface area contributed by atoms with Crippen molar-refractivity contribution < 1.29 is 5.11 Å². The van der Waals surface area contributed by atoms with E-state index in [1.165, 1.54) is 0 Å². The highest BCUT2D eigenvalue weighted by Gasteiger charge is 2.14. The van der Waals surface area contributed by atoms with Gasteiger partial charge in [-0.15, -0.1) is 10.2 Å². The molecule has 0 spiro atoms. The molecule has 2 aromatic rings. The van der Waals surface area contributed by atoms with Gasteiger partial charge < -0.3 is 9.67 Å². The van der Waals surface area contributed by atoms with Crippen LogP contribution in [0.2, 0.25) is 5.02 Å². The van der Waals surface area contributed by atoms with Crippen molar-refractivity contribution >= 4 is 11.6 Å². The highest BCUT2D eigenvalue weighted by Crippen LogP contribution is 2.25. The van der Waals surface area contributed by atoms with Crippen molar-refractivity contribution in [1.29, 1.82) is 0 Å². The van der Waals surface area contributed by atoms with E-state index in [0.717, 1.165) is 29.9 Å². The van der Waals surface area contributed by atoms with Gasteiger partial charge in [0.15, 0.2) is 11.6 Å². The number of aliphatic hydroxyl groups is 1. The average Bonchev–Trinajstić information content (AvgIpc) is 2.73. The number of aryl methyl sites for hydroxylation is 1. The predicted octanol–water partition coefficient (Wildman–Crippen LogP) is 2.81. The number of aromatic nitrogens is 3. The molecule has 0 saturated carbocycles. The van der Waals surface area contributed by atoms with Gasteiger partial charge in [0.05, 0.1) is 0 Å². The molecule has 0 aliphatic rings. The highest BCUT2D eigenvalue weighted by molar-refractivity contribution is 6.30. The number of nitrogens with zero attached hydrogens (tertiary/aromatic N) is 3. The normalized spacial score (nSPS) is 10.9. The first-order valence-electron chi connectivity index (χ1n) is 5.96. The molecule has 2 rings (SSSR count). The molecular weight excluding hydrogens is 250 g/mol. The molecule has 0 bridgehead atoms. The van der Waals surface area contributed by atoms with Crippen molar-refractivity contribution in [1.82, 2.24) is 14.8 Å². The van der Waals surface area contributed by atoms with Gasteiger partial charge in [0.1, 0.15) is 6.61 Å². The van der Waals surface area contributed by atoms with Gasteiger partial charge in [0.25, 0.3) is 0 Å². The highest BCUT2D eigenvalue weighted by atomic mass is 35.5. The number of aliphatic hydroxyl groups excluding tert-OH is 1. The molecule has 0 amide bonds. The Balaban J connectivity index is 2.52. The van der Waals surface area contributed by atoms with Crippen LogP contribution in [0.15, 0.2) is 18.2 Å². The number of hydrogen-bond acceptors (Lipinski definition) is 3. The molecule has 4 nitrogen and oxygen atoms in total. The van der Waals surface area contributed by atoms with Gasteiger partial charge in [0, 0.05) is 17.1 Å². The zero-order chi connectivity index (χ0) is 13.1. The molecule has 0 fully saturated rings. The average molecular weight is 266 g/mol. The van der Waals surface area contributed by atoms with Crippen molar-refractivity contribution in [2.24, 2.45) is 0 Å². The summed E-state index contributed by atoms with van der Waals surface area (Å²) in [5.41, 5.74) is 2.05. The van der Waals surface area contributed by atoms with E-state index in [2.05, 4.69) is 17.1 Å². The summed E-state index contributed by atoms with van der Waals surface area (Å²) in [4.78, 5) is 0. The van der Waals surface area contributed by atoms with Crippen LogP contribution in [-0.2, 0) is 13.2 Å². The molecule has 5 heteroatoms. The first-order valence-corrected chi connectivity index (χ1v) is 6.34. The molecule has 1 heterocycles. The fraction of sp³-hybridized carbons (Fsp3) is 0.385. The Morgan fingerprint density at radius 3 is 2.72 bits per heavy atom. The van der Waals surface area contributed by atoms with Crippen molar-refractivity contribution in [3.8, 4) is 11.4 Å². The first kappa shape index (κ1) is 13.1. The molecule has 0 unspecified atom stereocenters. The van der Waals surface area contributed by atoms with Gasteiger partial charge in [-0.05, 0) is 37.1 Å². The Bertz CT molecular complexity index is 551. The van der Waals surface area contributed by atoms with Crippen LogP contribution in [0.5, 0.6) is 0 Å². The van der Waals surface area contributed by atoms with Gasteiger partial charge in [0.2, 0.25) is 0 Å². The minimum Gasteiger partial charge on any atom is -0.388 e. The second-order valence-corrected chi connectivity index (χ2v) is 4.65. The standard InChI is InChI=1S/C13H16ClN3O/c1-3-6-17-12(8-18)15-16-13(17)11-5-4-10(14)7-9(11)2/h4-5,7,18H,3,6,8H2,1-2H3. The maximum absolute atomic E-state index is 9.27. The van der Waals surface area contributed by atoms with Gasteiger partial charge in [-0.2, -0.15) is 0 Å². The van der Waals surface area contributed by atoms with Gasteiger partial charge >= 0.3 is 0 Å². The van der Waals surface area contributed by atoms with Crippen molar-refractivity contribution in [2.75, 3.05) is 0 Å². The van der Waals surface area contributed by atoms with Gasteiger partial charge in [-0.3, -0.25) is 0 Å². The second kappa shape index (κ2) is 5.50. The summed E-state index contributed by atoms with van der Waals surface area (Å²) in [6.07, 6.45) is 0.963. The largest absolute Gasteiger partial charge is 0.388 e. The van der Waals surface area contributed by atoms with E-state index in [0.29, 0.717) is 10.8 Å². The maximum atomic E-state index is 9.27. The zero-order valence-corrected chi connectivity index (χ0v) is 11.3. The number of hydrogen-bond donors (Lipinski definition) is 1. The molecule has 1 aromatic carbocycles. The Morgan fingerprint density at radius 2 is 2.11 bits per heavy atom. The molecule has 1 aromatic heterocycles. The fourth-order valence-electron chi connectivity index (χ4n) is 1.99. The van der Waals surface area contributed by atoms with E-state index in [4.69, 9.17) is 11.6 Å². The van der Waals surface area contributed by atoms with Crippen LogP contribution >= 0.6 is 11.6 Å². The minimum atomic E-state index is -0.0976. The van der Waals surface area contributed by atoms with Gasteiger partial charge in [-0.1, -0.05) is 18.5 Å². The van der Waals surface area contributed by atoms with E-state index in [-0.39, 0.29) is 6.61 Å². The molecular formula is C13H16ClN3O. The van der Waals surface area contributed by atoms with Crippen molar-refractivity contribution in [3.05, 3.63) is 34.6 Å². The summed E-state index contributed by atoms with van der Waals surface area (Å²) >= 11 is 5.96. The molecule has 1 N–H and O–H groups in total. The lowest BCUT2D eigenvalue weighted by Crippen LogP contribution is -2.05.